The third kappa shape index (κ3) is 6.84. The van der Waals surface area contributed by atoms with Gasteiger partial charge in [-0.05, 0) is 73.7 Å². The highest BCUT2D eigenvalue weighted by Crippen LogP contribution is 2.30. The molecule has 0 aliphatic heterocycles. The molecular weight excluding hydrogens is 499 g/mol. The van der Waals surface area contributed by atoms with Crippen LogP contribution in [0.15, 0.2) is 54.7 Å². The Kier molecular flexibility index (Phi) is 10.2. The van der Waals surface area contributed by atoms with E-state index >= 15 is 0 Å². The van der Waals surface area contributed by atoms with Crippen LogP contribution in [0.2, 0.25) is 5.02 Å². The van der Waals surface area contributed by atoms with Crippen LogP contribution < -0.4 is 10.1 Å². The second-order valence-electron chi connectivity index (χ2n) is 8.08. The number of fused-ring (bicyclic) bond motifs is 1. The number of hydrogen-bond donors (Lipinski definition) is 3. The summed E-state index contributed by atoms with van der Waals surface area (Å²) < 4.78 is 5.90. The van der Waals surface area contributed by atoms with Crippen LogP contribution in [0.1, 0.15) is 45.3 Å². The predicted octanol–water partition coefficient (Wildman–Crippen LogP) is 5.56. The number of carboxylic acids is 1. The molecule has 0 amide bonds. The summed E-state index contributed by atoms with van der Waals surface area (Å²) in [6.45, 7) is 2.38. The molecule has 1 heterocycles. The summed E-state index contributed by atoms with van der Waals surface area (Å²) in [6, 6.07) is 14.6. The van der Waals surface area contributed by atoms with Crippen molar-refractivity contribution in [1.29, 1.82) is 0 Å². The van der Waals surface area contributed by atoms with Crippen LogP contribution in [0.5, 0.6) is 11.5 Å². The number of hydrogen-bond acceptors (Lipinski definition) is 5. The lowest BCUT2D eigenvalue weighted by Gasteiger charge is -2.27. The van der Waals surface area contributed by atoms with E-state index in [4.69, 9.17) is 16.3 Å². The highest BCUT2D eigenvalue weighted by molar-refractivity contribution is 6.33. The quantitative estimate of drug-likeness (QED) is 0.374. The number of nitrogens with zero attached hydrogens (tertiary/aromatic N) is 1. The first-order chi connectivity index (χ1) is 15.4. The number of halogens is 3. The number of pyridine rings is 1. The molecule has 0 spiro atoms. The molecule has 0 bridgehead atoms. The Balaban J connectivity index is 0.00000204. The number of carbonyl (C=O) groups is 1. The summed E-state index contributed by atoms with van der Waals surface area (Å²) in [7, 11) is 0. The molecule has 34 heavy (non-hydrogen) atoms. The lowest BCUT2D eigenvalue weighted by Crippen LogP contribution is -2.37. The lowest BCUT2D eigenvalue weighted by atomic mass is 9.88. The van der Waals surface area contributed by atoms with E-state index in [1.165, 1.54) is 23.3 Å². The monoisotopic (exact) mass is 524 g/mol. The standard InChI is InChI=1S/C25H25ClN2O4.2ClH/c1-15-2-3-17(13-27-15)24(29)14-28-19-6-4-16-5-7-20(11-18(16)10-19)32-21-8-9-23(26)22(12-21)25(30)31;;/h2-3,5,7-9,11-13,19,24,28-29H,4,6,10,14H2,1H3,(H,30,31);2*1H/t19-,24+;;/m0../s1. The normalized spacial score (nSPS) is 15.3. The molecule has 1 aromatic heterocycles. The van der Waals surface area contributed by atoms with Crippen LogP contribution in [-0.2, 0) is 12.8 Å². The van der Waals surface area contributed by atoms with Gasteiger partial charge in [-0.15, -0.1) is 24.8 Å². The van der Waals surface area contributed by atoms with Gasteiger partial charge in [-0.3, -0.25) is 4.98 Å². The topological polar surface area (TPSA) is 91.7 Å². The highest BCUT2D eigenvalue weighted by atomic mass is 35.5. The fourth-order valence-corrected chi connectivity index (χ4v) is 4.11. The Hall–Kier alpha value is -2.35. The van der Waals surface area contributed by atoms with Crippen LogP contribution in [0.4, 0.5) is 0 Å². The molecule has 6 nitrogen and oxygen atoms in total. The van der Waals surface area contributed by atoms with Gasteiger partial charge in [0.25, 0.3) is 0 Å². The molecule has 3 N–H and O–H groups in total. The van der Waals surface area contributed by atoms with Crippen molar-refractivity contribution in [3.05, 3.63) is 87.7 Å². The van der Waals surface area contributed by atoms with Gasteiger partial charge in [-0.2, -0.15) is 0 Å². The molecule has 2 aromatic carbocycles. The largest absolute Gasteiger partial charge is 0.478 e. The Morgan fingerprint density at radius 1 is 1.15 bits per heavy atom. The number of benzene rings is 2. The van der Waals surface area contributed by atoms with E-state index < -0.39 is 12.1 Å². The van der Waals surface area contributed by atoms with Crippen molar-refractivity contribution in [2.75, 3.05) is 6.54 Å². The molecule has 0 radical (unpaired) electrons. The summed E-state index contributed by atoms with van der Waals surface area (Å²) in [4.78, 5) is 15.5. The maximum Gasteiger partial charge on any atom is 0.337 e. The van der Waals surface area contributed by atoms with Gasteiger partial charge in [0.15, 0.2) is 0 Å². The average molecular weight is 526 g/mol. The highest BCUT2D eigenvalue weighted by Gasteiger charge is 2.20. The second-order valence-corrected chi connectivity index (χ2v) is 8.48. The number of aliphatic hydroxyl groups excluding tert-OH is 1. The molecule has 0 fully saturated rings. The van der Waals surface area contributed by atoms with Crippen LogP contribution >= 0.6 is 36.4 Å². The molecule has 0 saturated heterocycles. The van der Waals surface area contributed by atoms with Gasteiger partial charge in [-0.25, -0.2) is 4.79 Å². The van der Waals surface area contributed by atoms with Gasteiger partial charge in [0.1, 0.15) is 11.5 Å². The molecule has 182 valence electrons. The number of ether oxygens (including phenoxy) is 1. The van der Waals surface area contributed by atoms with Crippen molar-refractivity contribution >= 4 is 42.4 Å². The van der Waals surface area contributed by atoms with Gasteiger partial charge in [0.2, 0.25) is 0 Å². The van der Waals surface area contributed by atoms with Crippen molar-refractivity contribution in [2.45, 2.75) is 38.3 Å². The molecule has 0 unspecified atom stereocenters. The van der Waals surface area contributed by atoms with E-state index in [0.717, 1.165) is 30.5 Å². The fraction of sp³-hybridized carbons (Fsp3) is 0.280. The summed E-state index contributed by atoms with van der Waals surface area (Å²) in [5, 5.41) is 23.3. The molecule has 0 saturated carbocycles. The Bertz CT molecular complexity index is 1130. The number of nitrogens with one attached hydrogen (secondary N) is 1. The zero-order chi connectivity index (χ0) is 22.7. The molecule has 1 aliphatic carbocycles. The minimum atomic E-state index is -1.09. The summed E-state index contributed by atoms with van der Waals surface area (Å²) in [5.41, 5.74) is 4.20. The van der Waals surface area contributed by atoms with E-state index in [9.17, 15) is 15.0 Å². The molecular formula is C25H27Cl3N2O4. The van der Waals surface area contributed by atoms with Gasteiger partial charge in [-0.1, -0.05) is 23.7 Å². The predicted molar refractivity (Wildman–Crippen MR) is 137 cm³/mol. The van der Waals surface area contributed by atoms with Crippen LogP contribution in [0.3, 0.4) is 0 Å². The Morgan fingerprint density at radius 2 is 1.88 bits per heavy atom. The van der Waals surface area contributed by atoms with E-state index in [1.807, 2.05) is 31.2 Å². The van der Waals surface area contributed by atoms with Crippen molar-refractivity contribution in [3.63, 3.8) is 0 Å². The number of rotatable bonds is 7. The minimum Gasteiger partial charge on any atom is -0.478 e. The van der Waals surface area contributed by atoms with Crippen LogP contribution in [0, 0.1) is 6.92 Å². The van der Waals surface area contributed by atoms with Crippen molar-refractivity contribution in [3.8, 4) is 11.5 Å². The average Bonchev–Trinajstić information content (AvgIpc) is 2.78. The van der Waals surface area contributed by atoms with E-state index in [-0.39, 0.29) is 41.4 Å². The van der Waals surface area contributed by atoms with Gasteiger partial charge in [0.05, 0.1) is 16.7 Å². The summed E-state index contributed by atoms with van der Waals surface area (Å²) >= 11 is 5.94. The molecule has 1 aliphatic rings. The number of aromatic nitrogens is 1. The maximum absolute atomic E-state index is 11.3. The number of aryl methyl sites for hydroxylation is 2. The van der Waals surface area contributed by atoms with E-state index in [1.54, 1.807) is 12.3 Å². The fourth-order valence-electron chi connectivity index (χ4n) is 3.91. The van der Waals surface area contributed by atoms with E-state index in [0.29, 0.717) is 18.0 Å². The number of carboxylic acid groups (broad SMARTS) is 1. The Morgan fingerprint density at radius 3 is 2.59 bits per heavy atom. The maximum atomic E-state index is 11.3. The second kappa shape index (κ2) is 12.4. The first-order valence-electron chi connectivity index (χ1n) is 10.6. The lowest BCUT2D eigenvalue weighted by molar-refractivity contribution is 0.0696. The first-order valence-corrected chi connectivity index (χ1v) is 10.9. The molecule has 4 rings (SSSR count). The smallest absolute Gasteiger partial charge is 0.337 e. The Labute approximate surface area is 216 Å². The van der Waals surface area contributed by atoms with Gasteiger partial charge < -0.3 is 20.3 Å². The zero-order valence-corrected chi connectivity index (χ0v) is 20.9. The summed E-state index contributed by atoms with van der Waals surface area (Å²) in [5.74, 6) is -0.0238. The zero-order valence-electron chi connectivity index (χ0n) is 18.5. The first kappa shape index (κ1) is 27.9. The molecule has 9 heteroatoms. The van der Waals surface area contributed by atoms with Gasteiger partial charge in [0, 0.05) is 30.0 Å². The van der Waals surface area contributed by atoms with E-state index in [2.05, 4.69) is 16.4 Å². The SMILES string of the molecule is Cc1ccc([C@H](O)CN[C@H]2CCc3ccc(Oc4ccc(Cl)c(C(=O)O)c4)cc3C2)cn1.Cl.Cl. The van der Waals surface area contributed by atoms with Crippen molar-refractivity contribution in [1.82, 2.24) is 10.3 Å². The third-order valence-electron chi connectivity index (χ3n) is 5.73. The minimum absolute atomic E-state index is 0. The van der Waals surface area contributed by atoms with Crippen LogP contribution in [0.25, 0.3) is 0 Å². The molecule has 3 aromatic rings. The van der Waals surface area contributed by atoms with Crippen LogP contribution in [-0.4, -0.2) is 33.8 Å². The summed E-state index contributed by atoms with van der Waals surface area (Å²) in [6.07, 6.45) is 3.87. The molecule has 2 atom stereocenters. The number of aliphatic hydroxyl groups is 1. The number of aromatic carboxylic acids is 1. The third-order valence-corrected chi connectivity index (χ3v) is 6.06. The van der Waals surface area contributed by atoms with Gasteiger partial charge >= 0.3 is 5.97 Å². The van der Waals surface area contributed by atoms with Crippen molar-refractivity contribution in [2.24, 2.45) is 0 Å². The van der Waals surface area contributed by atoms with Crippen molar-refractivity contribution < 1.29 is 19.7 Å².